The number of morpholine rings is 1. The monoisotopic (exact) mass is 525 g/mol. The third-order valence-corrected chi connectivity index (χ3v) is 8.23. The predicted molar refractivity (Wildman–Crippen MR) is 155 cm³/mol. The van der Waals surface area contributed by atoms with Gasteiger partial charge in [-0.1, -0.05) is 48.0 Å². The van der Waals surface area contributed by atoms with Crippen LogP contribution in [0.2, 0.25) is 0 Å². The molecular weight excluding hydrogens is 494 g/mol. The van der Waals surface area contributed by atoms with Gasteiger partial charge >= 0.3 is 0 Å². The molecule has 2 N–H and O–H groups in total. The van der Waals surface area contributed by atoms with E-state index in [1.54, 1.807) is 0 Å². The molecule has 0 spiro atoms. The zero-order chi connectivity index (χ0) is 25.9. The van der Waals surface area contributed by atoms with Crippen LogP contribution in [0.25, 0.3) is 33.7 Å². The maximum atomic E-state index is 6.76. The molecule has 194 valence electrons. The lowest BCUT2D eigenvalue weighted by Gasteiger charge is -2.26. The van der Waals surface area contributed by atoms with Crippen molar-refractivity contribution in [2.24, 2.45) is 10.7 Å². The molecule has 0 amide bonds. The minimum absolute atomic E-state index is 0.312. The van der Waals surface area contributed by atoms with E-state index in [1.165, 1.54) is 17.5 Å². The average Bonchev–Trinajstić information content (AvgIpc) is 3.36. The minimum atomic E-state index is 0.312. The summed E-state index contributed by atoms with van der Waals surface area (Å²) in [7, 11) is 0. The summed E-state index contributed by atoms with van der Waals surface area (Å²) in [6.07, 6.45) is 3.42. The van der Waals surface area contributed by atoms with Crippen molar-refractivity contribution in [1.29, 1.82) is 0 Å². The first kappa shape index (κ1) is 24.9. The van der Waals surface area contributed by atoms with E-state index in [2.05, 4.69) is 58.2 Å². The lowest BCUT2D eigenvalue weighted by atomic mass is 10.0. The number of allylic oxidation sites excluding steroid dienone is 1. The van der Waals surface area contributed by atoms with Crippen molar-refractivity contribution in [3.05, 3.63) is 83.3 Å². The second-order valence-electron chi connectivity index (χ2n) is 9.80. The molecule has 0 saturated carbocycles. The van der Waals surface area contributed by atoms with Gasteiger partial charge in [0.2, 0.25) is 5.71 Å². The van der Waals surface area contributed by atoms with Gasteiger partial charge in [0.25, 0.3) is 0 Å². The number of hydrogen-bond donors (Lipinski definition) is 1. The first-order chi connectivity index (χ1) is 18.6. The fourth-order valence-electron chi connectivity index (χ4n) is 4.69. The Labute approximate surface area is 226 Å². The van der Waals surface area contributed by atoms with Crippen LogP contribution < -0.4 is 5.73 Å². The van der Waals surface area contributed by atoms with Gasteiger partial charge in [-0.3, -0.25) is 9.89 Å². The number of fused-ring (bicyclic) bond motifs is 1. The summed E-state index contributed by atoms with van der Waals surface area (Å²) in [6, 6.07) is 19.0. The number of aromatic nitrogens is 2. The SMILES string of the molecule is Cc1ccc(/C(N)=C(/C=NC2CSC2)c2ncnc3oc(-c4cccc(CN5CCOCC5)c4)cc23)cc1. The van der Waals surface area contributed by atoms with Gasteiger partial charge in [-0.25, -0.2) is 9.97 Å². The number of rotatable bonds is 7. The first-order valence-electron chi connectivity index (χ1n) is 13.0. The molecule has 0 radical (unpaired) electrons. The van der Waals surface area contributed by atoms with Crippen LogP contribution in [0.5, 0.6) is 0 Å². The van der Waals surface area contributed by atoms with Gasteiger partial charge in [0.15, 0.2) is 0 Å². The molecule has 4 heterocycles. The summed E-state index contributed by atoms with van der Waals surface area (Å²) >= 11 is 1.90. The van der Waals surface area contributed by atoms with Crippen LogP contribution >= 0.6 is 11.8 Å². The number of aliphatic imine (C=N–C) groups is 1. The largest absolute Gasteiger partial charge is 0.438 e. The molecule has 0 aliphatic carbocycles. The predicted octanol–water partition coefficient (Wildman–Crippen LogP) is 5.04. The van der Waals surface area contributed by atoms with Gasteiger partial charge in [0.1, 0.15) is 12.1 Å². The first-order valence-corrected chi connectivity index (χ1v) is 14.1. The van der Waals surface area contributed by atoms with E-state index in [4.69, 9.17) is 19.9 Å². The fraction of sp³-hybridized carbons (Fsp3) is 0.300. The molecule has 4 aromatic rings. The van der Waals surface area contributed by atoms with Crippen molar-refractivity contribution in [3.8, 4) is 11.3 Å². The molecule has 0 atom stereocenters. The molecule has 2 aliphatic rings. The number of nitrogens with zero attached hydrogens (tertiary/aromatic N) is 4. The number of benzene rings is 2. The van der Waals surface area contributed by atoms with E-state index in [1.807, 2.05) is 36.2 Å². The third kappa shape index (κ3) is 5.38. The van der Waals surface area contributed by atoms with E-state index < -0.39 is 0 Å². The van der Waals surface area contributed by atoms with Crippen LogP contribution in [-0.4, -0.2) is 64.9 Å². The molecular formula is C30H31N5O2S. The molecule has 0 unspecified atom stereocenters. The molecule has 0 bridgehead atoms. The minimum Gasteiger partial charge on any atom is -0.438 e. The summed E-state index contributed by atoms with van der Waals surface area (Å²) in [5.74, 6) is 2.82. The molecule has 2 aromatic carbocycles. The quantitative estimate of drug-likeness (QED) is 0.338. The number of ether oxygens (including phenoxy) is 1. The molecule has 2 fully saturated rings. The highest BCUT2D eigenvalue weighted by Crippen LogP contribution is 2.33. The van der Waals surface area contributed by atoms with Gasteiger partial charge in [0.05, 0.1) is 30.3 Å². The standard InChI is InChI=1S/C30H31N5O2S/c1-20-5-7-22(8-6-20)28(31)26(15-32-24-17-38-18-24)29-25-14-27(37-30(25)34-19-33-29)23-4-2-3-21(13-23)16-35-9-11-36-12-10-35/h2-8,13-15,19,24H,9-12,16-18,31H2,1H3/b28-26+,32-15?. The zero-order valence-corrected chi connectivity index (χ0v) is 22.3. The van der Waals surface area contributed by atoms with E-state index >= 15 is 0 Å². The van der Waals surface area contributed by atoms with Crippen LogP contribution in [0.3, 0.4) is 0 Å². The van der Waals surface area contributed by atoms with Gasteiger partial charge in [0, 0.05) is 54.2 Å². The van der Waals surface area contributed by atoms with E-state index in [9.17, 15) is 0 Å². The third-order valence-electron chi connectivity index (χ3n) is 6.99. The van der Waals surface area contributed by atoms with Crippen LogP contribution in [0.1, 0.15) is 22.4 Å². The Bertz CT molecular complexity index is 1480. The summed E-state index contributed by atoms with van der Waals surface area (Å²) < 4.78 is 11.7. The van der Waals surface area contributed by atoms with Gasteiger partial charge in [-0.15, -0.1) is 0 Å². The van der Waals surface area contributed by atoms with Crippen molar-refractivity contribution >= 4 is 40.3 Å². The Morgan fingerprint density at radius 1 is 1.11 bits per heavy atom. The number of aryl methyl sites for hydroxylation is 1. The maximum absolute atomic E-state index is 6.76. The highest BCUT2D eigenvalue weighted by Gasteiger charge is 2.20. The lowest BCUT2D eigenvalue weighted by Crippen LogP contribution is -2.35. The highest BCUT2D eigenvalue weighted by molar-refractivity contribution is 8.00. The summed E-state index contributed by atoms with van der Waals surface area (Å²) in [6.45, 7) is 6.43. The average molecular weight is 526 g/mol. The Kier molecular flexibility index (Phi) is 7.27. The topological polar surface area (TPSA) is 89.8 Å². The van der Waals surface area contributed by atoms with E-state index in [0.717, 1.165) is 77.9 Å². The van der Waals surface area contributed by atoms with Crippen LogP contribution in [0, 0.1) is 6.92 Å². The van der Waals surface area contributed by atoms with Crippen LogP contribution in [-0.2, 0) is 11.3 Å². The zero-order valence-electron chi connectivity index (χ0n) is 21.5. The Balaban J connectivity index is 1.38. The molecule has 2 aliphatic heterocycles. The van der Waals surface area contributed by atoms with Gasteiger partial charge in [-0.2, -0.15) is 11.8 Å². The summed E-state index contributed by atoms with van der Waals surface area (Å²) in [5.41, 5.74) is 13.8. The van der Waals surface area contributed by atoms with Gasteiger partial charge < -0.3 is 14.9 Å². The lowest BCUT2D eigenvalue weighted by molar-refractivity contribution is 0.0342. The molecule has 7 nitrogen and oxygen atoms in total. The van der Waals surface area contributed by atoms with E-state index in [-0.39, 0.29) is 0 Å². The summed E-state index contributed by atoms with van der Waals surface area (Å²) in [4.78, 5) is 16.3. The van der Waals surface area contributed by atoms with Crippen molar-refractivity contribution in [3.63, 3.8) is 0 Å². The smallest absolute Gasteiger partial charge is 0.230 e. The molecule has 6 rings (SSSR count). The second-order valence-corrected chi connectivity index (χ2v) is 10.9. The van der Waals surface area contributed by atoms with Crippen molar-refractivity contribution < 1.29 is 9.15 Å². The normalized spacial score (nSPS) is 17.6. The number of furan rings is 1. The molecule has 8 heteroatoms. The van der Waals surface area contributed by atoms with Crippen LogP contribution in [0.4, 0.5) is 0 Å². The van der Waals surface area contributed by atoms with Crippen molar-refractivity contribution in [2.75, 3.05) is 37.8 Å². The summed E-state index contributed by atoms with van der Waals surface area (Å²) in [5, 5.41) is 0.820. The number of thioether (sulfide) groups is 1. The maximum Gasteiger partial charge on any atom is 0.230 e. The Hall–Kier alpha value is -3.46. The van der Waals surface area contributed by atoms with Crippen molar-refractivity contribution in [1.82, 2.24) is 14.9 Å². The highest BCUT2D eigenvalue weighted by atomic mass is 32.2. The Morgan fingerprint density at radius 3 is 2.68 bits per heavy atom. The van der Waals surface area contributed by atoms with Gasteiger partial charge in [-0.05, 0) is 30.2 Å². The molecule has 2 aromatic heterocycles. The number of nitrogens with two attached hydrogens (primary N) is 1. The van der Waals surface area contributed by atoms with Crippen molar-refractivity contribution in [2.45, 2.75) is 19.5 Å². The van der Waals surface area contributed by atoms with E-state index in [0.29, 0.717) is 17.5 Å². The second kappa shape index (κ2) is 11.1. The van der Waals surface area contributed by atoms with Crippen LogP contribution in [0.15, 0.2) is 70.3 Å². The fourth-order valence-corrected chi connectivity index (χ4v) is 5.31. The molecule has 38 heavy (non-hydrogen) atoms. The molecule has 2 saturated heterocycles. The number of hydrogen-bond acceptors (Lipinski definition) is 8. The Morgan fingerprint density at radius 2 is 1.92 bits per heavy atom.